The molecule has 0 bridgehead atoms. The van der Waals surface area contributed by atoms with Gasteiger partial charge in [-0.05, 0) is 28.9 Å². The number of aliphatic carboxylic acids is 1. The first-order valence-corrected chi connectivity index (χ1v) is 5.63. The minimum absolute atomic E-state index is 0.0496. The van der Waals surface area contributed by atoms with Crippen molar-refractivity contribution < 1.29 is 9.90 Å². The predicted molar refractivity (Wildman–Crippen MR) is 63.2 cm³/mol. The van der Waals surface area contributed by atoms with Crippen LogP contribution in [-0.2, 0) is 10.2 Å². The quantitative estimate of drug-likeness (QED) is 0.779. The van der Waals surface area contributed by atoms with Crippen LogP contribution in [-0.4, -0.2) is 5.97 Å². The van der Waals surface area contributed by atoms with Crippen LogP contribution in [0.25, 0.3) is 0 Å². The molecule has 0 aliphatic rings. The van der Waals surface area contributed by atoms with Gasteiger partial charge in [-0.1, -0.05) is 52.0 Å². The Kier molecular flexibility index (Phi) is 3.74. The van der Waals surface area contributed by atoms with E-state index in [0.29, 0.717) is 5.92 Å². The Morgan fingerprint density at radius 3 is 2.12 bits per heavy atom. The first-order chi connectivity index (χ1) is 7.33. The van der Waals surface area contributed by atoms with E-state index < -0.39 is 5.97 Å². The van der Waals surface area contributed by atoms with Crippen LogP contribution >= 0.6 is 0 Å². The minimum atomic E-state index is -1.00. The molecule has 0 aliphatic carbocycles. The highest BCUT2D eigenvalue weighted by molar-refractivity contribution is 5.66. The number of hydrogen-bond donors (Lipinski definition) is 0. The summed E-state index contributed by atoms with van der Waals surface area (Å²) in [6.45, 7) is 8.13. The van der Waals surface area contributed by atoms with Gasteiger partial charge in [0.2, 0.25) is 0 Å². The summed E-state index contributed by atoms with van der Waals surface area (Å²) in [7, 11) is 0. The lowest BCUT2D eigenvalue weighted by Gasteiger charge is -2.26. The van der Waals surface area contributed by atoms with E-state index in [1.165, 1.54) is 5.56 Å². The molecule has 16 heavy (non-hydrogen) atoms. The molecule has 0 heterocycles. The number of hydrogen-bond acceptors (Lipinski definition) is 2. The van der Waals surface area contributed by atoms with Crippen molar-refractivity contribution in [3.8, 4) is 0 Å². The monoisotopic (exact) mass is 219 g/mol. The van der Waals surface area contributed by atoms with Gasteiger partial charge in [0.25, 0.3) is 0 Å². The summed E-state index contributed by atoms with van der Waals surface area (Å²) in [6, 6.07) is 8.16. The summed E-state index contributed by atoms with van der Waals surface area (Å²) in [4.78, 5) is 10.7. The van der Waals surface area contributed by atoms with Crippen LogP contribution in [0.2, 0.25) is 0 Å². The molecule has 1 aromatic carbocycles. The average Bonchev–Trinajstić information content (AvgIpc) is 2.16. The smallest absolute Gasteiger partial charge is 0.0422 e. The molecule has 0 saturated heterocycles. The Labute approximate surface area is 97.3 Å². The normalized spacial score (nSPS) is 11.8. The Balaban J connectivity index is 2.92. The fourth-order valence-electron chi connectivity index (χ4n) is 1.78. The Bertz CT molecular complexity index is 361. The fraction of sp³-hybridized carbons (Fsp3) is 0.500. The third kappa shape index (κ3) is 3.09. The van der Waals surface area contributed by atoms with Gasteiger partial charge >= 0.3 is 0 Å². The lowest BCUT2D eigenvalue weighted by molar-refractivity contribution is -0.306. The molecule has 88 valence electrons. The highest BCUT2D eigenvalue weighted by atomic mass is 16.4. The van der Waals surface area contributed by atoms with E-state index in [9.17, 15) is 9.90 Å². The second-order valence-corrected chi connectivity index (χ2v) is 5.21. The molecule has 1 rings (SSSR count). The number of carbonyl (C=O) groups excluding carboxylic acids is 1. The van der Waals surface area contributed by atoms with Gasteiger partial charge in [0.05, 0.1) is 0 Å². The van der Waals surface area contributed by atoms with E-state index in [1.54, 1.807) is 0 Å². The lowest BCUT2D eigenvalue weighted by Crippen LogP contribution is -2.31. The highest BCUT2D eigenvalue weighted by Gasteiger charge is 2.20. The molecule has 0 unspecified atom stereocenters. The van der Waals surface area contributed by atoms with Crippen LogP contribution in [0.15, 0.2) is 24.3 Å². The number of carboxylic acid groups (broad SMARTS) is 1. The van der Waals surface area contributed by atoms with Gasteiger partial charge in [0.15, 0.2) is 0 Å². The maximum atomic E-state index is 10.7. The Hall–Kier alpha value is -1.31. The predicted octanol–water partition coefficient (Wildman–Crippen LogP) is 2.23. The van der Waals surface area contributed by atoms with E-state index in [2.05, 4.69) is 26.0 Å². The van der Waals surface area contributed by atoms with Crippen molar-refractivity contribution in [3.63, 3.8) is 0 Å². The summed E-state index contributed by atoms with van der Waals surface area (Å²) >= 11 is 0. The molecule has 0 atom stereocenters. The number of benzene rings is 1. The standard InChI is InChI=1S/C14H20O2/c1-10(2)11-5-7-12(8-6-11)14(3,4)9-13(15)16/h5-8,10H,9H2,1-4H3,(H,15,16)/p-1. The zero-order valence-corrected chi connectivity index (χ0v) is 10.4. The fourth-order valence-corrected chi connectivity index (χ4v) is 1.78. The van der Waals surface area contributed by atoms with Crippen LogP contribution < -0.4 is 5.11 Å². The van der Waals surface area contributed by atoms with Gasteiger partial charge in [0.1, 0.15) is 0 Å². The molecule has 0 aromatic heterocycles. The molecular weight excluding hydrogens is 200 g/mol. The van der Waals surface area contributed by atoms with E-state index in [4.69, 9.17) is 0 Å². The topological polar surface area (TPSA) is 40.1 Å². The van der Waals surface area contributed by atoms with Gasteiger partial charge in [-0.3, -0.25) is 0 Å². The van der Waals surface area contributed by atoms with Crippen molar-refractivity contribution in [2.75, 3.05) is 0 Å². The second-order valence-electron chi connectivity index (χ2n) is 5.21. The molecule has 0 saturated carbocycles. The van der Waals surface area contributed by atoms with Crippen LogP contribution in [0.1, 0.15) is 51.2 Å². The van der Waals surface area contributed by atoms with Crippen molar-refractivity contribution in [3.05, 3.63) is 35.4 Å². The van der Waals surface area contributed by atoms with Crippen molar-refractivity contribution >= 4 is 5.97 Å². The van der Waals surface area contributed by atoms with E-state index in [-0.39, 0.29) is 11.8 Å². The number of carboxylic acids is 1. The molecule has 0 aliphatic heterocycles. The van der Waals surface area contributed by atoms with Crippen molar-refractivity contribution in [2.45, 2.75) is 45.4 Å². The van der Waals surface area contributed by atoms with E-state index >= 15 is 0 Å². The van der Waals surface area contributed by atoms with Gasteiger partial charge in [-0.2, -0.15) is 0 Å². The van der Waals surface area contributed by atoms with Crippen LogP contribution in [0, 0.1) is 0 Å². The van der Waals surface area contributed by atoms with Gasteiger partial charge in [-0.25, -0.2) is 0 Å². The third-order valence-corrected chi connectivity index (χ3v) is 2.95. The molecule has 0 N–H and O–H groups in total. The summed E-state index contributed by atoms with van der Waals surface area (Å²) in [5.74, 6) is -0.503. The lowest BCUT2D eigenvalue weighted by atomic mass is 9.81. The van der Waals surface area contributed by atoms with Gasteiger partial charge in [-0.15, -0.1) is 0 Å². The van der Waals surface area contributed by atoms with E-state index in [1.807, 2.05) is 26.0 Å². The van der Waals surface area contributed by atoms with Crippen LogP contribution in [0.4, 0.5) is 0 Å². The summed E-state index contributed by atoms with van der Waals surface area (Å²) < 4.78 is 0. The largest absolute Gasteiger partial charge is 0.550 e. The minimum Gasteiger partial charge on any atom is -0.550 e. The first kappa shape index (κ1) is 12.8. The molecular formula is C14H19O2-. The zero-order valence-electron chi connectivity index (χ0n) is 10.4. The third-order valence-electron chi connectivity index (χ3n) is 2.95. The number of carbonyl (C=O) groups is 1. The maximum absolute atomic E-state index is 10.7. The van der Waals surface area contributed by atoms with Crippen LogP contribution in [0.5, 0.6) is 0 Å². The Morgan fingerprint density at radius 1 is 1.25 bits per heavy atom. The number of rotatable bonds is 4. The summed E-state index contributed by atoms with van der Waals surface area (Å²) in [5.41, 5.74) is 1.95. The SMILES string of the molecule is CC(C)c1ccc(C(C)(C)CC(=O)[O-])cc1. The average molecular weight is 219 g/mol. The van der Waals surface area contributed by atoms with Crippen molar-refractivity contribution in [2.24, 2.45) is 0 Å². The van der Waals surface area contributed by atoms with Crippen LogP contribution in [0.3, 0.4) is 0 Å². The van der Waals surface area contributed by atoms with E-state index in [0.717, 1.165) is 5.56 Å². The molecule has 0 spiro atoms. The summed E-state index contributed by atoms with van der Waals surface area (Å²) in [5, 5.41) is 10.7. The van der Waals surface area contributed by atoms with Crippen molar-refractivity contribution in [1.82, 2.24) is 0 Å². The first-order valence-electron chi connectivity index (χ1n) is 5.63. The molecule has 2 nitrogen and oxygen atoms in total. The van der Waals surface area contributed by atoms with Gasteiger partial charge in [0, 0.05) is 5.97 Å². The van der Waals surface area contributed by atoms with Gasteiger partial charge < -0.3 is 9.90 Å². The molecule has 0 fully saturated rings. The zero-order chi connectivity index (χ0) is 12.3. The molecule has 0 radical (unpaired) electrons. The second kappa shape index (κ2) is 4.69. The maximum Gasteiger partial charge on any atom is 0.0422 e. The highest BCUT2D eigenvalue weighted by Crippen LogP contribution is 2.27. The van der Waals surface area contributed by atoms with Crippen molar-refractivity contribution in [1.29, 1.82) is 0 Å². The molecule has 0 amide bonds. The summed E-state index contributed by atoms with van der Waals surface area (Å²) in [6.07, 6.45) is 0.0496. The molecule has 2 heteroatoms. The molecule has 1 aromatic rings. The Morgan fingerprint density at radius 2 is 1.75 bits per heavy atom.